The fourth-order valence-electron chi connectivity index (χ4n) is 0.539. The molecule has 0 heterocycles. The number of hydrogen-bond acceptors (Lipinski definition) is 1. The fraction of sp³-hybridized carbons (Fsp3) is 0.333. The molecule has 0 saturated carbocycles. The van der Waals surface area contributed by atoms with Crippen LogP contribution in [0.3, 0.4) is 0 Å². The van der Waals surface area contributed by atoms with Crippen molar-refractivity contribution in [2.24, 2.45) is 0 Å². The molecule has 1 aliphatic carbocycles. The summed E-state index contributed by atoms with van der Waals surface area (Å²) < 4.78 is 0. The molecule has 1 nitrogen and oxygen atoms in total. The van der Waals surface area contributed by atoms with Crippen molar-refractivity contribution in [2.45, 2.75) is 12.8 Å². The Labute approximate surface area is 43.0 Å². The number of aliphatic hydroxyl groups is 1. The zero-order chi connectivity index (χ0) is 5.11. The summed E-state index contributed by atoms with van der Waals surface area (Å²) in [5.74, 6) is 0.284. The lowest BCUT2D eigenvalue weighted by molar-refractivity contribution is 0.422. The third kappa shape index (κ3) is 1.07. The van der Waals surface area contributed by atoms with Crippen molar-refractivity contribution in [1.82, 2.24) is 0 Å². The number of allylic oxidation sites excluding steroid dienone is 3. The van der Waals surface area contributed by atoms with Gasteiger partial charge in [0.15, 0.2) is 0 Å². The first-order valence-corrected chi connectivity index (χ1v) is 2.37. The highest BCUT2D eigenvalue weighted by molar-refractivity contribution is 5.07. The van der Waals surface area contributed by atoms with E-state index in [2.05, 4.69) is 6.08 Å². The van der Waals surface area contributed by atoms with Gasteiger partial charge in [-0.3, -0.25) is 0 Å². The van der Waals surface area contributed by atoms with Crippen LogP contribution in [-0.4, -0.2) is 5.11 Å². The van der Waals surface area contributed by atoms with Gasteiger partial charge < -0.3 is 5.11 Å². The Balaban J connectivity index is 2.58. The molecule has 0 bridgehead atoms. The minimum absolute atomic E-state index is 0.284. The van der Waals surface area contributed by atoms with Crippen molar-refractivity contribution < 1.29 is 5.11 Å². The van der Waals surface area contributed by atoms with E-state index in [1.165, 1.54) is 0 Å². The summed E-state index contributed by atoms with van der Waals surface area (Å²) >= 11 is 0. The molecule has 37 valence electrons. The van der Waals surface area contributed by atoms with Gasteiger partial charge in [0.2, 0.25) is 0 Å². The van der Waals surface area contributed by atoms with Gasteiger partial charge in [0, 0.05) is 6.08 Å². The molecule has 0 spiro atoms. The van der Waals surface area contributed by atoms with E-state index in [1.54, 1.807) is 6.08 Å². The van der Waals surface area contributed by atoms with E-state index < -0.39 is 0 Å². The van der Waals surface area contributed by atoms with Crippen molar-refractivity contribution in [2.75, 3.05) is 0 Å². The van der Waals surface area contributed by atoms with Crippen molar-refractivity contribution in [3.05, 3.63) is 24.0 Å². The highest BCUT2D eigenvalue weighted by atomic mass is 16.3. The molecule has 0 saturated heterocycles. The molecule has 0 aliphatic heterocycles. The lowest BCUT2D eigenvalue weighted by Gasteiger charge is -1.94. The summed E-state index contributed by atoms with van der Waals surface area (Å²) in [4.78, 5) is 0. The molecule has 1 radical (unpaired) electrons. The molecule has 0 atom stereocenters. The highest BCUT2D eigenvalue weighted by Crippen LogP contribution is 2.03. The van der Waals surface area contributed by atoms with Crippen LogP contribution < -0.4 is 0 Å². The van der Waals surface area contributed by atoms with Crippen LogP contribution in [-0.2, 0) is 0 Å². The van der Waals surface area contributed by atoms with Gasteiger partial charge in [0.05, 0.1) is 0 Å². The largest absolute Gasteiger partial charge is 0.508 e. The smallest absolute Gasteiger partial charge is 0.119 e. The molecule has 1 heteroatoms. The maximum absolute atomic E-state index is 8.63. The summed E-state index contributed by atoms with van der Waals surface area (Å²) in [7, 11) is 0. The summed E-state index contributed by atoms with van der Waals surface area (Å²) in [5, 5.41) is 8.63. The Morgan fingerprint density at radius 2 is 2.43 bits per heavy atom. The molecule has 0 fully saturated rings. The second kappa shape index (κ2) is 1.82. The van der Waals surface area contributed by atoms with Crippen molar-refractivity contribution in [3.63, 3.8) is 0 Å². The third-order valence-electron chi connectivity index (χ3n) is 0.899. The van der Waals surface area contributed by atoms with E-state index >= 15 is 0 Å². The molecule has 7 heavy (non-hydrogen) atoms. The van der Waals surface area contributed by atoms with E-state index in [-0.39, 0.29) is 5.76 Å². The van der Waals surface area contributed by atoms with Crippen LogP contribution in [0.25, 0.3) is 0 Å². The fourth-order valence-corrected chi connectivity index (χ4v) is 0.539. The monoisotopic (exact) mass is 95.0 g/mol. The van der Waals surface area contributed by atoms with Crippen LogP contribution in [0.2, 0.25) is 0 Å². The molecule has 0 amide bonds. The van der Waals surface area contributed by atoms with Gasteiger partial charge in [-0.2, -0.15) is 0 Å². The summed E-state index contributed by atoms with van der Waals surface area (Å²) in [6.07, 6.45) is 8.26. The Morgan fingerprint density at radius 3 is 2.71 bits per heavy atom. The zero-order valence-corrected chi connectivity index (χ0v) is 4.02. The van der Waals surface area contributed by atoms with E-state index in [4.69, 9.17) is 5.11 Å². The number of aliphatic hydroxyl groups excluding tert-OH is 1. The molecular formula is C6H7O. The molecule has 1 N–H and O–H groups in total. The molecular weight excluding hydrogens is 88.1 g/mol. The van der Waals surface area contributed by atoms with Gasteiger partial charge >= 0.3 is 0 Å². The zero-order valence-electron chi connectivity index (χ0n) is 4.02. The van der Waals surface area contributed by atoms with Crippen LogP contribution in [0.5, 0.6) is 0 Å². The summed E-state index contributed by atoms with van der Waals surface area (Å²) in [6.45, 7) is 0. The van der Waals surface area contributed by atoms with Crippen LogP contribution >= 0.6 is 0 Å². The second-order valence-electron chi connectivity index (χ2n) is 1.52. The predicted octanol–water partition coefficient (Wildman–Crippen LogP) is 1.58. The molecule has 0 unspecified atom stereocenters. The lowest BCUT2D eigenvalue weighted by Crippen LogP contribution is -1.80. The first-order valence-electron chi connectivity index (χ1n) is 2.37. The Morgan fingerprint density at radius 1 is 1.57 bits per heavy atom. The van der Waals surface area contributed by atoms with Crippen molar-refractivity contribution in [1.29, 1.82) is 0 Å². The molecule has 1 rings (SSSR count). The normalized spacial score (nSPS) is 19.1. The first-order chi connectivity index (χ1) is 3.39. The van der Waals surface area contributed by atoms with Gasteiger partial charge in [-0.25, -0.2) is 0 Å². The van der Waals surface area contributed by atoms with Gasteiger partial charge in [0.25, 0.3) is 0 Å². The molecule has 1 aliphatic rings. The van der Waals surface area contributed by atoms with Gasteiger partial charge in [-0.05, 0) is 18.9 Å². The van der Waals surface area contributed by atoms with Crippen molar-refractivity contribution in [3.8, 4) is 0 Å². The Bertz CT molecular complexity index is 111. The Kier molecular flexibility index (Phi) is 1.16. The number of hydrogen-bond donors (Lipinski definition) is 1. The first kappa shape index (κ1) is 4.44. The van der Waals surface area contributed by atoms with E-state index in [0.717, 1.165) is 12.8 Å². The van der Waals surface area contributed by atoms with Crippen LogP contribution in [0, 0.1) is 6.08 Å². The van der Waals surface area contributed by atoms with Gasteiger partial charge in [-0.15, -0.1) is 0 Å². The van der Waals surface area contributed by atoms with Crippen LogP contribution in [0.15, 0.2) is 17.9 Å². The van der Waals surface area contributed by atoms with Gasteiger partial charge in [-0.1, -0.05) is 6.08 Å². The summed E-state index contributed by atoms with van der Waals surface area (Å²) in [6, 6.07) is 0. The molecule has 0 aromatic carbocycles. The predicted molar refractivity (Wildman–Crippen MR) is 27.8 cm³/mol. The topological polar surface area (TPSA) is 20.2 Å². The number of rotatable bonds is 0. The maximum Gasteiger partial charge on any atom is 0.119 e. The Hall–Kier alpha value is -0.720. The van der Waals surface area contributed by atoms with Crippen molar-refractivity contribution >= 4 is 0 Å². The maximum atomic E-state index is 8.63. The average Bonchev–Trinajstić information content (AvgIpc) is 1.69. The lowest BCUT2D eigenvalue weighted by atomic mass is 10.2. The van der Waals surface area contributed by atoms with E-state index in [9.17, 15) is 0 Å². The standard InChI is InChI=1S/C6H7O/c7-6-4-2-1-3-5-6/h2,5,7H,1,3H2. The average molecular weight is 95.1 g/mol. The third-order valence-corrected chi connectivity index (χ3v) is 0.899. The minimum atomic E-state index is 0.284. The second-order valence-corrected chi connectivity index (χ2v) is 1.52. The molecule has 0 aromatic rings. The van der Waals surface area contributed by atoms with E-state index in [0.29, 0.717) is 0 Å². The summed E-state index contributed by atoms with van der Waals surface area (Å²) in [5.41, 5.74) is 0. The molecule has 0 aromatic heterocycles. The minimum Gasteiger partial charge on any atom is -0.508 e. The van der Waals surface area contributed by atoms with E-state index in [1.807, 2.05) is 6.08 Å². The quantitative estimate of drug-likeness (QED) is 0.484. The highest BCUT2D eigenvalue weighted by Gasteiger charge is 1.89. The van der Waals surface area contributed by atoms with Crippen LogP contribution in [0.1, 0.15) is 12.8 Å². The SMILES string of the molecule is OC1=CCCC=[C]1. The van der Waals surface area contributed by atoms with Gasteiger partial charge in [0.1, 0.15) is 5.76 Å². The van der Waals surface area contributed by atoms with Crippen LogP contribution in [0.4, 0.5) is 0 Å².